The van der Waals surface area contributed by atoms with Gasteiger partial charge in [0.05, 0.1) is 12.3 Å². The number of nitrogens with two attached hydrogens (primary N) is 1. The van der Waals surface area contributed by atoms with E-state index in [9.17, 15) is 0 Å². The smallest absolute Gasteiger partial charge is 0.227 e. The van der Waals surface area contributed by atoms with Crippen LogP contribution in [0.2, 0.25) is 0 Å². The number of nitrogens with zero attached hydrogens (tertiary/aromatic N) is 4. The Labute approximate surface area is 113 Å². The molecule has 1 aromatic heterocycles. The summed E-state index contributed by atoms with van der Waals surface area (Å²) in [7, 11) is 0. The van der Waals surface area contributed by atoms with E-state index < -0.39 is 0 Å². The molecular formula is C13H19N5O. The maximum absolute atomic E-state index is 8.82. The summed E-state index contributed by atoms with van der Waals surface area (Å²) in [6.07, 6.45) is 4.86. The second kappa shape index (κ2) is 6.34. The summed E-state index contributed by atoms with van der Waals surface area (Å²) in [5.41, 5.74) is 6.04. The SMILES string of the molecule is CCCOC1CCCN(c2ncc(C#N)c(N)n2)C1. The predicted molar refractivity (Wildman–Crippen MR) is 72.6 cm³/mol. The lowest BCUT2D eigenvalue weighted by Crippen LogP contribution is -2.40. The van der Waals surface area contributed by atoms with Crippen molar-refractivity contribution in [1.29, 1.82) is 5.26 Å². The van der Waals surface area contributed by atoms with Crippen molar-refractivity contribution in [2.45, 2.75) is 32.3 Å². The van der Waals surface area contributed by atoms with Crippen LogP contribution in [0.25, 0.3) is 0 Å². The van der Waals surface area contributed by atoms with Crippen molar-refractivity contribution in [3.63, 3.8) is 0 Å². The van der Waals surface area contributed by atoms with Crippen molar-refractivity contribution in [3.05, 3.63) is 11.8 Å². The molecule has 0 aliphatic carbocycles. The van der Waals surface area contributed by atoms with Crippen LogP contribution >= 0.6 is 0 Å². The van der Waals surface area contributed by atoms with Crippen LogP contribution in [0, 0.1) is 11.3 Å². The van der Waals surface area contributed by atoms with Gasteiger partial charge in [-0.15, -0.1) is 0 Å². The Bertz CT molecular complexity index is 471. The van der Waals surface area contributed by atoms with E-state index in [1.807, 2.05) is 6.07 Å². The van der Waals surface area contributed by atoms with Crippen LogP contribution in [0.15, 0.2) is 6.20 Å². The Hall–Kier alpha value is -1.87. The minimum Gasteiger partial charge on any atom is -0.382 e. The summed E-state index contributed by atoms with van der Waals surface area (Å²) in [6, 6.07) is 1.97. The van der Waals surface area contributed by atoms with Gasteiger partial charge in [-0.05, 0) is 19.3 Å². The third kappa shape index (κ3) is 3.32. The number of ether oxygens (including phenoxy) is 1. The molecule has 1 fully saturated rings. The van der Waals surface area contributed by atoms with Crippen LogP contribution in [-0.2, 0) is 4.74 Å². The number of hydrogen-bond acceptors (Lipinski definition) is 6. The molecule has 1 unspecified atom stereocenters. The zero-order valence-electron chi connectivity index (χ0n) is 11.2. The lowest BCUT2D eigenvalue weighted by molar-refractivity contribution is 0.0437. The zero-order valence-corrected chi connectivity index (χ0v) is 11.2. The van der Waals surface area contributed by atoms with Crippen molar-refractivity contribution >= 4 is 11.8 Å². The minimum atomic E-state index is 0.231. The van der Waals surface area contributed by atoms with Gasteiger partial charge in [0.15, 0.2) is 0 Å². The number of piperidine rings is 1. The topological polar surface area (TPSA) is 88.1 Å². The van der Waals surface area contributed by atoms with Gasteiger partial charge in [-0.1, -0.05) is 6.92 Å². The van der Waals surface area contributed by atoms with Gasteiger partial charge in [-0.25, -0.2) is 4.98 Å². The molecule has 2 heterocycles. The van der Waals surface area contributed by atoms with Crippen molar-refractivity contribution in [1.82, 2.24) is 9.97 Å². The molecule has 0 saturated carbocycles. The van der Waals surface area contributed by atoms with Gasteiger partial charge in [0.25, 0.3) is 0 Å². The molecule has 2 N–H and O–H groups in total. The molecule has 0 aromatic carbocycles. The molecule has 0 spiro atoms. The molecule has 1 saturated heterocycles. The van der Waals surface area contributed by atoms with E-state index in [1.165, 1.54) is 6.20 Å². The summed E-state index contributed by atoms with van der Waals surface area (Å²) in [5.74, 6) is 0.824. The molecule has 0 amide bonds. The highest BCUT2D eigenvalue weighted by Gasteiger charge is 2.22. The maximum atomic E-state index is 8.82. The summed E-state index contributed by atoms with van der Waals surface area (Å²) in [5, 5.41) is 8.82. The van der Waals surface area contributed by atoms with Crippen LogP contribution in [0.1, 0.15) is 31.7 Å². The second-order valence-electron chi connectivity index (χ2n) is 4.66. The maximum Gasteiger partial charge on any atom is 0.227 e. The van der Waals surface area contributed by atoms with Crippen LogP contribution in [0.3, 0.4) is 0 Å². The first-order valence-electron chi connectivity index (χ1n) is 6.63. The van der Waals surface area contributed by atoms with Gasteiger partial charge in [0, 0.05) is 19.7 Å². The van der Waals surface area contributed by atoms with E-state index in [2.05, 4.69) is 21.8 Å². The highest BCUT2D eigenvalue weighted by molar-refractivity contribution is 5.50. The number of rotatable bonds is 4. The van der Waals surface area contributed by atoms with Crippen LogP contribution in [0.5, 0.6) is 0 Å². The van der Waals surface area contributed by atoms with Crippen LogP contribution < -0.4 is 10.6 Å². The first kappa shape index (κ1) is 13.6. The Kier molecular flexibility index (Phi) is 4.53. The number of aromatic nitrogens is 2. The Morgan fingerprint density at radius 1 is 1.63 bits per heavy atom. The predicted octanol–water partition coefficient (Wildman–Crippen LogP) is 1.33. The number of hydrogen-bond donors (Lipinski definition) is 1. The Morgan fingerprint density at radius 2 is 2.47 bits per heavy atom. The van der Waals surface area contributed by atoms with Crippen LogP contribution in [0.4, 0.5) is 11.8 Å². The Morgan fingerprint density at radius 3 is 3.16 bits per heavy atom. The average Bonchev–Trinajstić information content (AvgIpc) is 2.45. The number of anilines is 2. The van der Waals surface area contributed by atoms with E-state index in [0.29, 0.717) is 11.5 Å². The van der Waals surface area contributed by atoms with Gasteiger partial charge in [-0.3, -0.25) is 0 Å². The average molecular weight is 261 g/mol. The minimum absolute atomic E-state index is 0.231. The third-order valence-electron chi connectivity index (χ3n) is 3.14. The largest absolute Gasteiger partial charge is 0.382 e. The summed E-state index contributed by atoms with van der Waals surface area (Å²) in [6.45, 7) is 4.57. The summed E-state index contributed by atoms with van der Waals surface area (Å²) >= 11 is 0. The first-order chi connectivity index (χ1) is 9.24. The molecule has 1 aliphatic rings. The molecule has 1 aliphatic heterocycles. The highest BCUT2D eigenvalue weighted by Crippen LogP contribution is 2.19. The molecule has 1 atom stereocenters. The molecule has 2 rings (SSSR count). The van der Waals surface area contributed by atoms with Gasteiger partial charge in [0.2, 0.25) is 5.95 Å². The normalized spacial score (nSPS) is 19.2. The fraction of sp³-hybridized carbons (Fsp3) is 0.615. The van der Waals surface area contributed by atoms with E-state index in [1.54, 1.807) is 0 Å². The molecular weight excluding hydrogens is 242 g/mol. The molecule has 102 valence electrons. The first-order valence-corrected chi connectivity index (χ1v) is 6.63. The fourth-order valence-corrected chi connectivity index (χ4v) is 2.16. The molecule has 0 radical (unpaired) electrons. The molecule has 1 aromatic rings. The molecule has 6 heteroatoms. The van der Waals surface area contributed by atoms with Gasteiger partial charge >= 0.3 is 0 Å². The third-order valence-corrected chi connectivity index (χ3v) is 3.14. The summed E-state index contributed by atoms with van der Waals surface area (Å²) < 4.78 is 5.78. The lowest BCUT2D eigenvalue weighted by atomic mass is 10.1. The number of nitrogen functional groups attached to an aromatic ring is 1. The van der Waals surface area contributed by atoms with Crippen molar-refractivity contribution < 1.29 is 4.74 Å². The van der Waals surface area contributed by atoms with E-state index in [0.717, 1.165) is 39.0 Å². The standard InChI is InChI=1S/C13H19N5O/c1-2-6-19-11-4-3-5-18(9-11)13-16-8-10(7-14)12(15)17-13/h8,11H,2-6,9H2,1H3,(H2,15,16,17). The van der Waals surface area contributed by atoms with Gasteiger partial charge < -0.3 is 15.4 Å². The van der Waals surface area contributed by atoms with E-state index >= 15 is 0 Å². The van der Waals surface area contributed by atoms with E-state index in [4.69, 9.17) is 15.7 Å². The van der Waals surface area contributed by atoms with Crippen molar-refractivity contribution in [2.24, 2.45) is 0 Å². The molecule has 6 nitrogen and oxygen atoms in total. The molecule has 0 bridgehead atoms. The van der Waals surface area contributed by atoms with Crippen LogP contribution in [-0.4, -0.2) is 35.8 Å². The monoisotopic (exact) mass is 261 g/mol. The van der Waals surface area contributed by atoms with Gasteiger partial charge in [-0.2, -0.15) is 10.2 Å². The van der Waals surface area contributed by atoms with Crippen molar-refractivity contribution in [2.75, 3.05) is 30.3 Å². The Balaban J connectivity index is 2.05. The lowest BCUT2D eigenvalue weighted by Gasteiger charge is -2.32. The summed E-state index contributed by atoms with van der Waals surface area (Å²) in [4.78, 5) is 10.5. The zero-order chi connectivity index (χ0) is 13.7. The van der Waals surface area contributed by atoms with E-state index in [-0.39, 0.29) is 11.9 Å². The second-order valence-corrected chi connectivity index (χ2v) is 4.66. The van der Waals surface area contributed by atoms with Gasteiger partial charge in [0.1, 0.15) is 17.5 Å². The highest BCUT2D eigenvalue weighted by atomic mass is 16.5. The number of nitriles is 1. The van der Waals surface area contributed by atoms with Crippen molar-refractivity contribution in [3.8, 4) is 6.07 Å². The fourth-order valence-electron chi connectivity index (χ4n) is 2.16. The quantitative estimate of drug-likeness (QED) is 0.879. The molecule has 19 heavy (non-hydrogen) atoms.